The second-order valence-electron chi connectivity index (χ2n) is 12.7. The molecule has 0 aliphatic carbocycles. The molecule has 3 aromatic carbocycles. The number of hydrogen-bond acceptors (Lipinski definition) is 15. The minimum atomic E-state index is -1.08. The van der Waals surface area contributed by atoms with Crippen molar-refractivity contribution >= 4 is 23.9 Å². The summed E-state index contributed by atoms with van der Waals surface area (Å²) in [5.41, 5.74) is 9.60. The molecule has 1 atom stereocenters. The van der Waals surface area contributed by atoms with Crippen molar-refractivity contribution in [2.24, 2.45) is 22.6 Å². The Bertz CT molecular complexity index is 1790. The minimum absolute atomic E-state index is 0.0213. The fourth-order valence-electron chi connectivity index (χ4n) is 5.37. The number of ether oxygens (including phenoxy) is 3. The first kappa shape index (κ1) is 43.9. The Morgan fingerprint density at radius 3 is 2.12 bits per heavy atom. The monoisotopic (exact) mass is 781 g/mol. The molecular weight excluding hydrogens is 734 g/mol. The quantitative estimate of drug-likeness (QED) is 0.0146. The molecule has 0 saturated carbocycles. The number of carbonyl (C=O) groups excluding carboxylic acids is 3. The van der Waals surface area contributed by atoms with Gasteiger partial charge in [0.25, 0.3) is 10.2 Å². The van der Waals surface area contributed by atoms with Gasteiger partial charge in [0, 0.05) is 18.5 Å². The van der Waals surface area contributed by atoms with Crippen LogP contribution in [0.15, 0.2) is 77.9 Å². The van der Waals surface area contributed by atoms with Crippen molar-refractivity contribution in [1.29, 1.82) is 0 Å². The first-order valence-electron chi connectivity index (χ1n) is 17.8. The highest BCUT2D eigenvalue weighted by Crippen LogP contribution is 2.26. The van der Waals surface area contributed by atoms with Crippen molar-refractivity contribution in [3.05, 3.63) is 110 Å². The van der Waals surface area contributed by atoms with Gasteiger partial charge in [-0.1, -0.05) is 87.9 Å². The minimum Gasteiger partial charge on any atom is -0.464 e. The summed E-state index contributed by atoms with van der Waals surface area (Å²) in [4.78, 5) is 69.8. The van der Waals surface area contributed by atoms with E-state index in [1.54, 1.807) is 17.0 Å². The molecule has 0 aliphatic heterocycles. The Kier molecular flexibility index (Phi) is 17.8. The lowest BCUT2D eigenvalue weighted by molar-refractivity contribution is -0.763. The molecule has 0 aliphatic rings. The number of amides is 1. The number of hydrazone groups is 1. The normalized spacial score (nSPS) is 11.6. The number of benzene rings is 3. The van der Waals surface area contributed by atoms with Crippen molar-refractivity contribution in [2.45, 2.75) is 72.1 Å². The highest BCUT2D eigenvalue weighted by molar-refractivity contribution is 6.03. The second-order valence-corrected chi connectivity index (χ2v) is 12.7. The largest absolute Gasteiger partial charge is 0.515 e. The van der Waals surface area contributed by atoms with Gasteiger partial charge in [-0.25, -0.2) is 15.4 Å². The lowest BCUT2D eigenvalue weighted by Gasteiger charge is -2.33. The maximum Gasteiger partial charge on any atom is 0.515 e. The number of unbranched alkanes of at least 4 members (excludes halogenated alkanes) is 2. The molecule has 0 aromatic heterocycles. The van der Waals surface area contributed by atoms with Gasteiger partial charge in [-0.05, 0) is 59.6 Å². The van der Waals surface area contributed by atoms with E-state index >= 15 is 0 Å². The predicted molar refractivity (Wildman–Crippen MR) is 201 cm³/mol. The number of hydrogen-bond donors (Lipinski definition) is 2. The number of nitrogens with two attached hydrogens (primary N) is 2. The van der Waals surface area contributed by atoms with Crippen molar-refractivity contribution < 1.29 is 48.4 Å². The van der Waals surface area contributed by atoms with Gasteiger partial charge in [-0.15, -0.1) is 25.3 Å². The zero-order valence-electron chi connectivity index (χ0n) is 31.4. The van der Waals surface area contributed by atoms with Crippen LogP contribution in [0.25, 0.3) is 11.1 Å². The van der Waals surface area contributed by atoms with Crippen molar-refractivity contribution in [3.8, 4) is 16.9 Å². The topological polar surface area (TPSA) is 255 Å². The van der Waals surface area contributed by atoms with E-state index in [-0.39, 0.29) is 56.2 Å². The first-order chi connectivity index (χ1) is 26.8. The van der Waals surface area contributed by atoms with Crippen LogP contribution in [0, 0.1) is 26.1 Å². The fourth-order valence-corrected chi connectivity index (χ4v) is 5.37. The number of nitrogens with zero attached hydrogens (tertiary/aromatic N) is 5. The van der Waals surface area contributed by atoms with Crippen molar-refractivity contribution in [3.63, 3.8) is 0 Å². The summed E-state index contributed by atoms with van der Waals surface area (Å²) in [6, 6.07) is 19.5. The number of amidine groups is 1. The van der Waals surface area contributed by atoms with Gasteiger partial charge >= 0.3 is 12.1 Å². The second kappa shape index (κ2) is 22.7. The van der Waals surface area contributed by atoms with Gasteiger partial charge in [0.1, 0.15) is 18.4 Å². The summed E-state index contributed by atoms with van der Waals surface area (Å²) >= 11 is 0. The van der Waals surface area contributed by atoms with Gasteiger partial charge < -0.3 is 34.5 Å². The van der Waals surface area contributed by atoms with E-state index in [1.165, 1.54) is 24.3 Å². The summed E-state index contributed by atoms with van der Waals surface area (Å²) in [6.45, 7) is 4.96. The zero-order chi connectivity index (χ0) is 41.0. The zero-order valence-corrected chi connectivity index (χ0v) is 31.4. The van der Waals surface area contributed by atoms with Crippen LogP contribution >= 0.6 is 0 Å². The third-order valence-corrected chi connectivity index (χ3v) is 8.09. The van der Waals surface area contributed by atoms with Crippen molar-refractivity contribution in [1.82, 2.24) is 10.0 Å². The van der Waals surface area contributed by atoms with Crippen LogP contribution in [0.5, 0.6) is 5.75 Å². The van der Waals surface area contributed by atoms with Gasteiger partial charge in [-0.2, -0.15) is 5.12 Å². The highest BCUT2D eigenvalue weighted by atomic mass is 17.0. The third kappa shape index (κ3) is 14.7. The Morgan fingerprint density at radius 2 is 1.48 bits per heavy atom. The standard InChI is InChI=1S/C37H47N7O12/c1-4-5-12-33(45)41(34(26(2)3)36(46)52-21-8-9-22-54-43(48)49)23-27-13-17-29(18-14-27)31-10-6-7-11-32(31)35(38)40-42(39)25-53-37(47)56-30-19-15-28(16-20-30)24-55-44(50)51/h6-7,10-11,13-20,26,34H,4-5,8-9,12,21-25,39H2,1-3H3,(H2,38,40). The fraction of sp³-hybridized carbons (Fsp3) is 0.405. The first-order valence-corrected chi connectivity index (χ1v) is 17.8. The van der Waals surface area contributed by atoms with E-state index in [2.05, 4.69) is 14.8 Å². The van der Waals surface area contributed by atoms with Crippen LogP contribution in [0.3, 0.4) is 0 Å². The number of rotatable bonds is 23. The lowest BCUT2D eigenvalue weighted by Crippen LogP contribution is -2.48. The summed E-state index contributed by atoms with van der Waals surface area (Å²) in [6.07, 6.45) is 1.33. The van der Waals surface area contributed by atoms with Gasteiger partial charge in [0.15, 0.2) is 12.6 Å². The Hall–Kier alpha value is -6.50. The van der Waals surface area contributed by atoms with Gasteiger partial charge in [-0.3, -0.25) is 4.79 Å². The number of hydrazine groups is 1. The van der Waals surface area contributed by atoms with E-state index in [0.717, 1.165) is 22.7 Å². The molecule has 0 radical (unpaired) electrons. The average molecular weight is 782 g/mol. The molecule has 56 heavy (non-hydrogen) atoms. The maximum absolute atomic E-state index is 13.5. The molecule has 0 saturated heterocycles. The molecule has 0 heterocycles. The molecule has 0 fully saturated rings. The Labute approximate surface area is 323 Å². The van der Waals surface area contributed by atoms with E-state index in [9.17, 15) is 34.6 Å². The number of carbonyl (C=O) groups is 3. The van der Waals surface area contributed by atoms with Crippen LogP contribution in [0.4, 0.5) is 4.79 Å². The summed E-state index contributed by atoms with van der Waals surface area (Å²) in [5, 5.41) is 23.9. The third-order valence-electron chi connectivity index (χ3n) is 8.09. The predicted octanol–water partition coefficient (Wildman–Crippen LogP) is 5.11. The number of esters is 1. The molecule has 1 amide bonds. The molecule has 19 heteroatoms. The maximum atomic E-state index is 13.5. The molecule has 19 nitrogen and oxygen atoms in total. The molecular formula is C37H47N7O12. The van der Waals surface area contributed by atoms with Gasteiger partial charge in [0.2, 0.25) is 5.91 Å². The summed E-state index contributed by atoms with van der Waals surface area (Å²) < 4.78 is 15.6. The summed E-state index contributed by atoms with van der Waals surface area (Å²) in [7, 11) is 0. The van der Waals surface area contributed by atoms with E-state index in [1.807, 2.05) is 57.2 Å². The molecule has 0 bridgehead atoms. The smallest absolute Gasteiger partial charge is 0.464 e. The van der Waals surface area contributed by atoms with E-state index < -0.39 is 35.1 Å². The molecule has 3 rings (SSSR count). The Balaban J connectivity index is 1.68. The molecule has 0 spiro atoms. The van der Waals surface area contributed by atoms with Crippen molar-refractivity contribution in [2.75, 3.05) is 19.9 Å². The van der Waals surface area contributed by atoms with Crippen LogP contribution in [-0.4, -0.2) is 70.0 Å². The van der Waals surface area contributed by atoms with E-state index in [0.29, 0.717) is 36.0 Å². The Morgan fingerprint density at radius 1 is 0.839 bits per heavy atom. The highest BCUT2D eigenvalue weighted by Gasteiger charge is 2.33. The van der Waals surface area contributed by atoms with Crippen LogP contribution in [0.2, 0.25) is 0 Å². The lowest BCUT2D eigenvalue weighted by atomic mass is 9.97. The molecule has 4 N–H and O–H groups in total. The average Bonchev–Trinajstić information content (AvgIpc) is 3.17. The molecule has 302 valence electrons. The van der Waals surface area contributed by atoms with Crippen LogP contribution < -0.4 is 16.3 Å². The SMILES string of the molecule is CCCCC(=O)N(Cc1ccc(-c2ccccc2/C(N)=N/N(N)COC(=O)Oc2ccc(CO[N+](=O)[O-])cc2)cc1)C(C(=O)OCCCCO[N+](=O)[O-])C(C)C. The van der Waals surface area contributed by atoms with Crippen LogP contribution in [0.1, 0.15) is 69.6 Å². The molecule has 1 unspecified atom stereocenters. The molecule has 3 aromatic rings. The summed E-state index contributed by atoms with van der Waals surface area (Å²) in [5.74, 6) is 5.09. The van der Waals surface area contributed by atoms with E-state index in [4.69, 9.17) is 25.8 Å². The van der Waals surface area contributed by atoms with Crippen LogP contribution in [-0.2, 0) is 41.9 Å². The van der Waals surface area contributed by atoms with Gasteiger partial charge in [0.05, 0.1) is 13.2 Å².